The first kappa shape index (κ1) is 17.5. The Labute approximate surface area is 129 Å². The van der Waals surface area contributed by atoms with E-state index in [0.29, 0.717) is 5.96 Å². The molecule has 0 atom stereocenters. The van der Waals surface area contributed by atoms with Crippen LogP contribution in [0, 0.1) is 6.92 Å². The summed E-state index contributed by atoms with van der Waals surface area (Å²) in [5, 5.41) is 3.12. The first-order valence-electron chi connectivity index (χ1n) is 7.86. The number of nitrogens with zero attached hydrogens (tertiary/aromatic N) is 2. The number of unbranched alkanes of at least 4 members (excludes halogenated alkanes) is 4. The molecule has 0 bridgehead atoms. The molecule has 1 aromatic rings. The van der Waals surface area contributed by atoms with Crippen molar-refractivity contribution in [2.75, 3.05) is 32.5 Å². The normalized spacial score (nSPS) is 11.9. The van der Waals surface area contributed by atoms with E-state index >= 15 is 0 Å². The quantitative estimate of drug-likeness (QED) is 0.417. The molecule has 0 unspecified atom stereocenters. The molecule has 0 aliphatic rings. The zero-order chi connectivity index (χ0) is 15.5. The van der Waals surface area contributed by atoms with E-state index in [4.69, 9.17) is 5.73 Å². The molecule has 1 aromatic carbocycles. The number of hydrogen-bond donors (Lipinski definition) is 2. The van der Waals surface area contributed by atoms with E-state index in [1.165, 1.54) is 37.8 Å². The smallest absolute Gasteiger partial charge is 0.193 e. The maximum atomic E-state index is 5.87. The molecular weight excluding hydrogens is 260 g/mol. The van der Waals surface area contributed by atoms with Gasteiger partial charge in [0, 0.05) is 12.2 Å². The molecule has 0 aliphatic carbocycles. The van der Waals surface area contributed by atoms with Gasteiger partial charge >= 0.3 is 0 Å². The molecule has 0 aliphatic heterocycles. The highest BCUT2D eigenvalue weighted by Gasteiger charge is 1.95. The number of rotatable bonds is 9. The highest BCUT2D eigenvalue weighted by atomic mass is 15.1. The van der Waals surface area contributed by atoms with Gasteiger partial charge in [-0.2, -0.15) is 0 Å². The number of anilines is 1. The standard InChI is InChI=1S/C17H30N4/c1-15-9-11-16(12-10-15)20-17(18)19-13-7-5-4-6-8-14-21(2)3/h9-12H,4-8,13-14H2,1-3H3,(H3,18,19,20). The summed E-state index contributed by atoms with van der Waals surface area (Å²) in [6.45, 7) is 4.06. The van der Waals surface area contributed by atoms with Gasteiger partial charge in [-0.1, -0.05) is 37.0 Å². The zero-order valence-electron chi connectivity index (χ0n) is 13.7. The monoisotopic (exact) mass is 290 g/mol. The molecule has 21 heavy (non-hydrogen) atoms. The fraction of sp³-hybridized carbons (Fsp3) is 0.588. The third-order valence-corrected chi connectivity index (χ3v) is 3.37. The number of hydrogen-bond acceptors (Lipinski definition) is 2. The Balaban J connectivity index is 2.08. The van der Waals surface area contributed by atoms with E-state index in [2.05, 4.69) is 48.4 Å². The third kappa shape index (κ3) is 9.08. The second kappa shape index (κ2) is 10.2. The highest BCUT2D eigenvalue weighted by molar-refractivity contribution is 5.92. The second-order valence-corrected chi connectivity index (χ2v) is 5.83. The maximum absolute atomic E-state index is 5.87. The predicted molar refractivity (Wildman–Crippen MR) is 92.9 cm³/mol. The van der Waals surface area contributed by atoms with Crippen molar-refractivity contribution >= 4 is 11.6 Å². The Hall–Kier alpha value is -1.55. The molecule has 0 saturated heterocycles. The summed E-state index contributed by atoms with van der Waals surface area (Å²) in [6, 6.07) is 8.15. The van der Waals surface area contributed by atoms with Crippen molar-refractivity contribution in [3.8, 4) is 0 Å². The van der Waals surface area contributed by atoms with Crippen LogP contribution in [0.3, 0.4) is 0 Å². The average molecular weight is 290 g/mol. The zero-order valence-corrected chi connectivity index (χ0v) is 13.7. The first-order chi connectivity index (χ1) is 10.1. The average Bonchev–Trinajstić information content (AvgIpc) is 2.44. The van der Waals surface area contributed by atoms with E-state index in [9.17, 15) is 0 Å². The van der Waals surface area contributed by atoms with Crippen LogP contribution in [0.15, 0.2) is 29.3 Å². The summed E-state index contributed by atoms with van der Waals surface area (Å²) < 4.78 is 0. The number of guanidine groups is 1. The number of aliphatic imine (C=N–C) groups is 1. The Morgan fingerprint density at radius 2 is 1.67 bits per heavy atom. The summed E-state index contributed by atoms with van der Waals surface area (Å²) in [5.74, 6) is 0.506. The molecule has 0 fully saturated rings. The summed E-state index contributed by atoms with van der Waals surface area (Å²) in [5.41, 5.74) is 8.11. The van der Waals surface area contributed by atoms with Crippen LogP contribution in [-0.2, 0) is 0 Å². The fourth-order valence-electron chi connectivity index (χ4n) is 2.09. The lowest BCUT2D eigenvalue weighted by Gasteiger charge is -2.08. The molecular formula is C17H30N4. The first-order valence-corrected chi connectivity index (χ1v) is 7.86. The van der Waals surface area contributed by atoms with Gasteiger partial charge in [0.2, 0.25) is 0 Å². The van der Waals surface area contributed by atoms with Gasteiger partial charge in [-0.3, -0.25) is 4.99 Å². The fourth-order valence-corrected chi connectivity index (χ4v) is 2.09. The van der Waals surface area contributed by atoms with E-state index in [0.717, 1.165) is 18.7 Å². The van der Waals surface area contributed by atoms with Gasteiger partial charge in [0.15, 0.2) is 5.96 Å². The highest BCUT2D eigenvalue weighted by Crippen LogP contribution is 2.08. The van der Waals surface area contributed by atoms with Crippen LogP contribution < -0.4 is 11.1 Å². The second-order valence-electron chi connectivity index (χ2n) is 5.83. The van der Waals surface area contributed by atoms with E-state index < -0.39 is 0 Å². The molecule has 4 nitrogen and oxygen atoms in total. The summed E-state index contributed by atoms with van der Waals surface area (Å²) >= 11 is 0. The molecule has 0 aromatic heterocycles. The molecule has 118 valence electrons. The third-order valence-electron chi connectivity index (χ3n) is 3.37. The lowest BCUT2D eigenvalue weighted by Crippen LogP contribution is -2.22. The van der Waals surface area contributed by atoms with Gasteiger partial charge in [0.1, 0.15) is 0 Å². The van der Waals surface area contributed by atoms with Crippen LogP contribution >= 0.6 is 0 Å². The van der Waals surface area contributed by atoms with Gasteiger partial charge in [0.25, 0.3) is 0 Å². The molecule has 1 rings (SSSR count). The lowest BCUT2D eigenvalue weighted by molar-refractivity contribution is 0.390. The van der Waals surface area contributed by atoms with Crippen molar-refractivity contribution in [3.05, 3.63) is 29.8 Å². The molecule has 4 heteroatoms. The van der Waals surface area contributed by atoms with E-state index in [1.807, 2.05) is 12.1 Å². The molecule has 0 heterocycles. The Kier molecular flexibility index (Phi) is 8.51. The number of nitrogens with one attached hydrogen (secondary N) is 1. The van der Waals surface area contributed by atoms with Gasteiger partial charge < -0.3 is 16.0 Å². The molecule has 0 spiro atoms. The molecule has 0 radical (unpaired) electrons. The van der Waals surface area contributed by atoms with Crippen molar-refractivity contribution in [1.82, 2.24) is 4.90 Å². The summed E-state index contributed by atoms with van der Waals surface area (Å²) in [4.78, 5) is 6.60. The minimum absolute atomic E-state index is 0.506. The van der Waals surface area contributed by atoms with Crippen LogP contribution in [0.1, 0.15) is 37.7 Å². The molecule has 0 amide bonds. The Morgan fingerprint density at radius 3 is 2.33 bits per heavy atom. The Bertz CT molecular complexity index is 409. The van der Waals surface area contributed by atoms with Crippen molar-refractivity contribution < 1.29 is 0 Å². The SMILES string of the molecule is Cc1ccc(NC(N)=NCCCCCCCN(C)C)cc1. The van der Waals surface area contributed by atoms with Crippen LogP contribution in [0.4, 0.5) is 5.69 Å². The minimum Gasteiger partial charge on any atom is -0.370 e. The van der Waals surface area contributed by atoms with Gasteiger partial charge in [-0.05, 0) is 52.5 Å². The van der Waals surface area contributed by atoms with Gasteiger partial charge in [-0.15, -0.1) is 0 Å². The van der Waals surface area contributed by atoms with Crippen molar-refractivity contribution in [1.29, 1.82) is 0 Å². The van der Waals surface area contributed by atoms with Crippen molar-refractivity contribution in [3.63, 3.8) is 0 Å². The van der Waals surface area contributed by atoms with E-state index in [-0.39, 0.29) is 0 Å². The van der Waals surface area contributed by atoms with Crippen molar-refractivity contribution in [2.24, 2.45) is 10.7 Å². The summed E-state index contributed by atoms with van der Waals surface area (Å²) in [7, 11) is 4.25. The van der Waals surface area contributed by atoms with Crippen molar-refractivity contribution in [2.45, 2.75) is 39.0 Å². The van der Waals surface area contributed by atoms with Crippen LogP contribution in [-0.4, -0.2) is 38.0 Å². The van der Waals surface area contributed by atoms with Gasteiger partial charge in [-0.25, -0.2) is 0 Å². The van der Waals surface area contributed by atoms with E-state index in [1.54, 1.807) is 0 Å². The topological polar surface area (TPSA) is 53.6 Å². The predicted octanol–water partition coefficient (Wildman–Crippen LogP) is 3.23. The summed E-state index contributed by atoms with van der Waals surface area (Å²) in [6.07, 6.45) is 6.22. The largest absolute Gasteiger partial charge is 0.370 e. The van der Waals surface area contributed by atoms with Crippen LogP contribution in [0.5, 0.6) is 0 Å². The molecule has 0 saturated carbocycles. The Morgan fingerprint density at radius 1 is 1.05 bits per heavy atom. The maximum Gasteiger partial charge on any atom is 0.193 e. The lowest BCUT2D eigenvalue weighted by atomic mass is 10.1. The number of nitrogens with two attached hydrogens (primary N) is 1. The minimum atomic E-state index is 0.506. The number of benzene rings is 1. The van der Waals surface area contributed by atoms with Crippen LogP contribution in [0.2, 0.25) is 0 Å². The van der Waals surface area contributed by atoms with Gasteiger partial charge in [0.05, 0.1) is 0 Å². The van der Waals surface area contributed by atoms with Crippen LogP contribution in [0.25, 0.3) is 0 Å². The molecule has 3 N–H and O–H groups in total. The number of aryl methyl sites for hydroxylation is 1.